The monoisotopic (exact) mass is 276 g/mol. The molecule has 4 nitrogen and oxygen atoms in total. The smallest absolute Gasteiger partial charge is 0.317 e. The van der Waals surface area contributed by atoms with Crippen LogP contribution in [-0.4, -0.2) is 31.1 Å². The lowest BCUT2D eigenvalue weighted by Gasteiger charge is -2.26. The van der Waals surface area contributed by atoms with Crippen molar-refractivity contribution in [2.75, 3.05) is 20.2 Å². The predicted molar refractivity (Wildman–Crippen MR) is 80.0 cm³/mol. The van der Waals surface area contributed by atoms with Gasteiger partial charge in [0.15, 0.2) is 0 Å². The number of unbranched alkanes of at least 4 members (excludes halogenated alkanes) is 1. The number of urea groups is 1. The van der Waals surface area contributed by atoms with E-state index in [2.05, 4.69) is 18.3 Å². The third-order valence-electron chi connectivity index (χ3n) is 3.82. The molecule has 1 saturated heterocycles. The molecular weight excluding hydrogens is 252 g/mol. The highest BCUT2D eigenvalue weighted by Crippen LogP contribution is 2.36. The summed E-state index contributed by atoms with van der Waals surface area (Å²) in [4.78, 5) is 14.2. The van der Waals surface area contributed by atoms with Gasteiger partial charge in [0.2, 0.25) is 0 Å². The molecule has 1 atom stereocenters. The largest absolute Gasteiger partial charge is 0.496 e. The minimum absolute atomic E-state index is 0.0480. The number of methoxy groups -OCH3 is 1. The van der Waals surface area contributed by atoms with Gasteiger partial charge in [0, 0.05) is 18.7 Å². The Morgan fingerprint density at radius 2 is 2.25 bits per heavy atom. The highest BCUT2D eigenvalue weighted by molar-refractivity contribution is 5.75. The van der Waals surface area contributed by atoms with Crippen molar-refractivity contribution in [2.24, 2.45) is 0 Å². The van der Waals surface area contributed by atoms with Gasteiger partial charge in [-0.1, -0.05) is 31.5 Å². The van der Waals surface area contributed by atoms with Crippen molar-refractivity contribution in [3.8, 4) is 5.75 Å². The molecule has 1 aliphatic heterocycles. The lowest BCUT2D eigenvalue weighted by atomic mass is 10.0. The molecule has 0 saturated carbocycles. The van der Waals surface area contributed by atoms with Crippen LogP contribution in [0.3, 0.4) is 0 Å². The lowest BCUT2D eigenvalue weighted by Crippen LogP contribution is -2.39. The van der Waals surface area contributed by atoms with Crippen LogP contribution in [0.15, 0.2) is 24.3 Å². The summed E-state index contributed by atoms with van der Waals surface area (Å²) >= 11 is 0. The average Bonchev–Trinajstić information content (AvgIpc) is 2.96. The zero-order chi connectivity index (χ0) is 14.4. The second kappa shape index (κ2) is 7.17. The number of hydrogen-bond acceptors (Lipinski definition) is 2. The van der Waals surface area contributed by atoms with Crippen LogP contribution < -0.4 is 10.1 Å². The topological polar surface area (TPSA) is 41.6 Å². The summed E-state index contributed by atoms with van der Waals surface area (Å²) in [6, 6.07) is 8.16. The maximum Gasteiger partial charge on any atom is 0.317 e. The van der Waals surface area contributed by atoms with E-state index in [4.69, 9.17) is 4.74 Å². The summed E-state index contributed by atoms with van der Waals surface area (Å²) < 4.78 is 5.43. The fourth-order valence-electron chi connectivity index (χ4n) is 2.75. The Labute approximate surface area is 121 Å². The molecule has 20 heavy (non-hydrogen) atoms. The first-order chi connectivity index (χ1) is 9.77. The first kappa shape index (κ1) is 14.7. The molecule has 1 aromatic carbocycles. The van der Waals surface area contributed by atoms with Gasteiger partial charge in [-0.2, -0.15) is 0 Å². The van der Waals surface area contributed by atoms with Crippen LogP contribution in [0.5, 0.6) is 5.75 Å². The van der Waals surface area contributed by atoms with Crippen molar-refractivity contribution in [2.45, 2.75) is 38.6 Å². The van der Waals surface area contributed by atoms with Crippen molar-refractivity contribution >= 4 is 6.03 Å². The van der Waals surface area contributed by atoms with Gasteiger partial charge in [-0.25, -0.2) is 4.79 Å². The number of likely N-dealkylation sites (tertiary alicyclic amines) is 1. The van der Waals surface area contributed by atoms with E-state index in [0.29, 0.717) is 0 Å². The molecule has 1 aromatic rings. The zero-order valence-electron chi connectivity index (χ0n) is 12.4. The van der Waals surface area contributed by atoms with E-state index in [1.54, 1.807) is 7.11 Å². The van der Waals surface area contributed by atoms with Gasteiger partial charge in [0.25, 0.3) is 0 Å². The number of ether oxygens (including phenoxy) is 1. The standard InChI is InChI=1S/C16H24N2O2/c1-3-4-11-17-16(19)18-12-7-9-14(18)13-8-5-6-10-15(13)20-2/h5-6,8,10,14H,3-4,7,9,11-12H2,1-2H3,(H,17,19). The first-order valence-corrected chi connectivity index (χ1v) is 7.45. The third kappa shape index (κ3) is 3.24. The SMILES string of the molecule is CCCCNC(=O)N1CCCC1c1ccccc1OC. The number of rotatable bonds is 5. The molecule has 0 aliphatic carbocycles. The van der Waals surface area contributed by atoms with Gasteiger partial charge < -0.3 is 15.0 Å². The fourth-order valence-corrected chi connectivity index (χ4v) is 2.75. The summed E-state index contributed by atoms with van der Waals surface area (Å²) in [5.41, 5.74) is 1.11. The normalized spacial score (nSPS) is 18.1. The van der Waals surface area contributed by atoms with E-state index in [9.17, 15) is 4.79 Å². The minimum atomic E-state index is 0.0480. The maximum absolute atomic E-state index is 12.3. The van der Waals surface area contributed by atoms with Gasteiger partial charge in [-0.3, -0.25) is 0 Å². The number of carbonyl (C=O) groups is 1. The second-order valence-corrected chi connectivity index (χ2v) is 5.18. The van der Waals surface area contributed by atoms with Gasteiger partial charge in [0.05, 0.1) is 13.2 Å². The Kier molecular flexibility index (Phi) is 5.27. The predicted octanol–water partition coefficient (Wildman–Crippen LogP) is 3.34. The van der Waals surface area contributed by atoms with Crippen LogP contribution in [-0.2, 0) is 0 Å². The van der Waals surface area contributed by atoms with Crippen LogP contribution in [0, 0.1) is 0 Å². The average molecular weight is 276 g/mol. The minimum Gasteiger partial charge on any atom is -0.496 e. The Balaban J connectivity index is 2.08. The molecule has 1 aliphatic rings. The van der Waals surface area contributed by atoms with Crippen molar-refractivity contribution in [1.29, 1.82) is 0 Å². The second-order valence-electron chi connectivity index (χ2n) is 5.18. The van der Waals surface area contributed by atoms with E-state index in [1.165, 1.54) is 0 Å². The Morgan fingerprint density at radius 3 is 3.00 bits per heavy atom. The highest BCUT2D eigenvalue weighted by atomic mass is 16.5. The number of carbonyl (C=O) groups excluding carboxylic acids is 1. The van der Waals surface area contributed by atoms with Gasteiger partial charge in [0.1, 0.15) is 5.75 Å². The molecule has 0 bridgehead atoms. The maximum atomic E-state index is 12.3. The Bertz CT molecular complexity index is 448. The molecule has 4 heteroatoms. The van der Waals surface area contributed by atoms with Gasteiger partial charge in [-0.15, -0.1) is 0 Å². The number of hydrogen-bond donors (Lipinski definition) is 1. The third-order valence-corrected chi connectivity index (χ3v) is 3.82. The summed E-state index contributed by atoms with van der Waals surface area (Å²) in [5.74, 6) is 0.866. The number of nitrogens with one attached hydrogen (secondary N) is 1. The van der Waals surface area contributed by atoms with Crippen molar-refractivity contribution in [3.63, 3.8) is 0 Å². The molecule has 0 radical (unpaired) electrons. The molecule has 2 rings (SSSR count). The van der Waals surface area contributed by atoms with E-state index in [0.717, 1.165) is 50.1 Å². The van der Waals surface area contributed by atoms with Crippen LogP contribution in [0.25, 0.3) is 0 Å². The number of benzene rings is 1. The van der Waals surface area contributed by atoms with Crippen molar-refractivity contribution in [1.82, 2.24) is 10.2 Å². The summed E-state index contributed by atoms with van der Waals surface area (Å²) in [7, 11) is 1.68. The molecule has 1 N–H and O–H groups in total. The van der Waals surface area contributed by atoms with Crippen LogP contribution in [0.2, 0.25) is 0 Å². The van der Waals surface area contributed by atoms with E-state index in [-0.39, 0.29) is 12.1 Å². The number of nitrogens with zero attached hydrogens (tertiary/aromatic N) is 1. The Morgan fingerprint density at radius 1 is 1.45 bits per heavy atom. The van der Waals surface area contributed by atoms with Crippen molar-refractivity contribution < 1.29 is 9.53 Å². The number of para-hydroxylation sites is 1. The molecule has 0 spiro atoms. The van der Waals surface area contributed by atoms with Crippen LogP contribution >= 0.6 is 0 Å². The Hall–Kier alpha value is -1.71. The number of amides is 2. The van der Waals surface area contributed by atoms with Crippen LogP contribution in [0.1, 0.15) is 44.2 Å². The molecular formula is C16H24N2O2. The zero-order valence-corrected chi connectivity index (χ0v) is 12.4. The highest BCUT2D eigenvalue weighted by Gasteiger charge is 2.31. The molecule has 1 unspecified atom stereocenters. The van der Waals surface area contributed by atoms with Crippen LogP contribution in [0.4, 0.5) is 4.79 Å². The summed E-state index contributed by atoms with van der Waals surface area (Å²) in [6.07, 6.45) is 4.17. The van der Waals surface area contributed by atoms with E-state index >= 15 is 0 Å². The van der Waals surface area contributed by atoms with Gasteiger partial charge >= 0.3 is 6.03 Å². The van der Waals surface area contributed by atoms with E-state index in [1.807, 2.05) is 23.1 Å². The molecule has 1 fully saturated rings. The van der Waals surface area contributed by atoms with Gasteiger partial charge in [-0.05, 0) is 25.3 Å². The summed E-state index contributed by atoms with van der Waals surface area (Å²) in [5, 5.41) is 3.01. The first-order valence-electron chi connectivity index (χ1n) is 7.45. The van der Waals surface area contributed by atoms with Crippen molar-refractivity contribution in [3.05, 3.63) is 29.8 Å². The molecule has 0 aromatic heterocycles. The molecule has 110 valence electrons. The van der Waals surface area contributed by atoms with E-state index < -0.39 is 0 Å². The fraction of sp³-hybridized carbons (Fsp3) is 0.562. The lowest BCUT2D eigenvalue weighted by molar-refractivity contribution is 0.192. The summed E-state index contributed by atoms with van der Waals surface area (Å²) in [6.45, 7) is 3.70. The molecule has 1 heterocycles. The quantitative estimate of drug-likeness (QED) is 0.838. The molecule has 2 amide bonds.